The van der Waals surface area contributed by atoms with E-state index in [9.17, 15) is 4.79 Å². The van der Waals surface area contributed by atoms with E-state index in [1.165, 1.54) is 13.5 Å². The molecular weight excluding hydrogens is 206 g/mol. The molecule has 0 spiro atoms. The molecule has 0 saturated heterocycles. The summed E-state index contributed by atoms with van der Waals surface area (Å²) in [7, 11) is 1.36. The standard InChI is InChI=1S/C12H17NO3/c1-7-5-8(7)10-3-4-11(16-10)9(6-13)12(14)15-2/h3-4,7-9H,5-6,13H2,1-2H3. The highest BCUT2D eigenvalue weighted by atomic mass is 16.5. The first-order chi connectivity index (χ1) is 7.67. The second-order valence-corrected chi connectivity index (χ2v) is 4.37. The van der Waals surface area contributed by atoms with Gasteiger partial charge >= 0.3 is 5.97 Å². The molecule has 88 valence electrons. The largest absolute Gasteiger partial charge is 0.468 e. The zero-order chi connectivity index (χ0) is 11.7. The second kappa shape index (κ2) is 4.29. The summed E-state index contributed by atoms with van der Waals surface area (Å²) >= 11 is 0. The van der Waals surface area contributed by atoms with E-state index in [2.05, 4.69) is 11.7 Å². The van der Waals surface area contributed by atoms with Gasteiger partial charge in [-0.05, 0) is 24.5 Å². The number of furan rings is 1. The van der Waals surface area contributed by atoms with Crippen molar-refractivity contribution in [2.45, 2.75) is 25.2 Å². The van der Waals surface area contributed by atoms with Gasteiger partial charge < -0.3 is 14.9 Å². The van der Waals surface area contributed by atoms with Crippen molar-refractivity contribution in [3.63, 3.8) is 0 Å². The van der Waals surface area contributed by atoms with E-state index in [-0.39, 0.29) is 12.5 Å². The van der Waals surface area contributed by atoms with Crippen LogP contribution < -0.4 is 5.73 Å². The van der Waals surface area contributed by atoms with Crippen LogP contribution in [0.4, 0.5) is 0 Å². The van der Waals surface area contributed by atoms with Gasteiger partial charge in [0.2, 0.25) is 0 Å². The van der Waals surface area contributed by atoms with Crippen molar-refractivity contribution in [1.29, 1.82) is 0 Å². The molecular formula is C12H17NO3. The van der Waals surface area contributed by atoms with Gasteiger partial charge in [-0.2, -0.15) is 0 Å². The van der Waals surface area contributed by atoms with Crippen molar-refractivity contribution < 1.29 is 13.9 Å². The van der Waals surface area contributed by atoms with E-state index in [0.29, 0.717) is 17.6 Å². The minimum atomic E-state index is -0.479. The average molecular weight is 223 g/mol. The number of carbonyl (C=O) groups excluding carboxylic acids is 1. The van der Waals surface area contributed by atoms with E-state index in [1.54, 1.807) is 0 Å². The Morgan fingerprint density at radius 3 is 2.88 bits per heavy atom. The summed E-state index contributed by atoms with van der Waals surface area (Å²) in [6, 6.07) is 3.77. The Morgan fingerprint density at radius 1 is 1.69 bits per heavy atom. The molecule has 0 amide bonds. The summed E-state index contributed by atoms with van der Waals surface area (Å²) in [5.74, 6) is 1.96. The lowest BCUT2D eigenvalue weighted by atomic mass is 10.1. The molecule has 4 heteroatoms. The number of methoxy groups -OCH3 is 1. The molecule has 0 bridgehead atoms. The lowest BCUT2D eigenvalue weighted by Crippen LogP contribution is -2.22. The molecule has 2 rings (SSSR count). The van der Waals surface area contributed by atoms with Crippen LogP contribution in [-0.4, -0.2) is 19.6 Å². The molecule has 0 aromatic carbocycles. The highest BCUT2D eigenvalue weighted by Gasteiger charge is 2.37. The van der Waals surface area contributed by atoms with Gasteiger partial charge in [-0.1, -0.05) is 6.92 Å². The molecule has 1 fully saturated rings. The molecule has 1 heterocycles. The highest BCUT2D eigenvalue weighted by Crippen LogP contribution is 2.47. The Morgan fingerprint density at radius 2 is 2.38 bits per heavy atom. The molecule has 1 aromatic rings. The molecule has 1 saturated carbocycles. The van der Waals surface area contributed by atoms with Gasteiger partial charge in [-0.25, -0.2) is 0 Å². The van der Waals surface area contributed by atoms with Gasteiger partial charge in [-0.3, -0.25) is 4.79 Å². The molecule has 3 atom stereocenters. The summed E-state index contributed by atoms with van der Waals surface area (Å²) in [5, 5.41) is 0. The third-order valence-electron chi connectivity index (χ3n) is 3.19. The molecule has 1 aliphatic carbocycles. The smallest absolute Gasteiger partial charge is 0.317 e. The topological polar surface area (TPSA) is 65.5 Å². The first-order valence-electron chi connectivity index (χ1n) is 5.55. The van der Waals surface area contributed by atoms with Gasteiger partial charge in [-0.15, -0.1) is 0 Å². The molecule has 2 N–H and O–H groups in total. The maximum Gasteiger partial charge on any atom is 0.317 e. The van der Waals surface area contributed by atoms with Gasteiger partial charge in [0, 0.05) is 12.5 Å². The van der Waals surface area contributed by atoms with Crippen LogP contribution in [0.2, 0.25) is 0 Å². The van der Waals surface area contributed by atoms with Gasteiger partial charge in [0.1, 0.15) is 17.4 Å². The van der Waals surface area contributed by atoms with Crippen molar-refractivity contribution in [1.82, 2.24) is 0 Å². The summed E-state index contributed by atoms with van der Waals surface area (Å²) in [6.07, 6.45) is 1.17. The molecule has 4 nitrogen and oxygen atoms in total. The highest BCUT2D eigenvalue weighted by molar-refractivity contribution is 5.77. The Hall–Kier alpha value is -1.29. The number of nitrogens with two attached hydrogens (primary N) is 1. The van der Waals surface area contributed by atoms with Crippen molar-refractivity contribution in [2.24, 2.45) is 11.7 Å². The van der Waals surface area contributed by atoms with E-state index in [0.717, 1.165) is 5.76 Å². The Bertz CT molecular complexity index is 385. The first kappa shape index (κ1) is 11.2. The van der Waals surface area contributed by atoms with Gasteiger partial charge in [0.15, 0.2) is 0 Å². The second-order valence-electron chi connectivity index (χ2n) is 4.37. The van der Waals surface area contributed by atoms with Gasteiger partial charge in [0.05, 0.1) is 7.11 Å². The lowest BCUT2D eigenvalue weighted by molar-refractivity contribution is -0.142. The van der Waals surface area contributed by atoms with Crippen LogP contribution in [0.25, 0.3) is 0 Å². The van der Waals surface area contributed by atoms with E-state index in [4.69, 9.17) is 10.2 Å². The van der Waals surface area contributed by atoms with Crippen molar-refractivity contribution >= 4 is 5.97 Å². The maximum absolute atomic E-state index is 11.4. The van der Waals surface area contributed by atoms with Crippen LogP contribution >= 0.6 is 0 Å². The number of ether oxygens (including phenoxy) is 1. The lowest BCUT2D eigenvalue weighted by Gasteiger charge is -2.08. The number of esters is 1. The van der Waals surface area contributed by atoms with Crippen molar-refractivity contribution in [3.8, 4) is 0 Å². The summed E-state index contributed by atoms with van der Waals surface area (Å²) < 4.78 is 10.4. The third-order valence-corrected chi connectivity index (χ3v) is 3.19. The number of carbonyl (C=O) groups is 1. The normalized spacial score (nSPS) is 25.2. The van der Waals surface area contributed by atoms with Crippen LogP contribution in [0.15, 0.2) is 16.5 Å². The summed E-state index contributed by atoms with van der Waals surface area (Å²) in [5.41, 5.74) is 5.55. The Labute approximate surface area is 94.8 Å². The average Bonchev–Trinajstić information content (AvgIpc) is 2.82. The predicted molar refractivity (Wildman–Crippen MR) is 59.0 cm³/mol. The van der Waals surface area contributed by atoms with Crippen LogP contribution in [-0.2, 0) is 9.53 Å². The monoisotopic (exact) mass is 223 g/mol. The first-order valence-corrected chi connectivity index (χ1v) is 5.55. The van der Waals surface area contributed by atoms with Crippen molar-refractivity contribution in [2.75, 3.05) is 13.7 Å². The minimum absolute atomic E-state index is 0.208. The fraction of sp³-hybridized carbons (Fsp3) is 0.583. The van der Waals surface area contributed by atoms with Crippen LogP contribution in [0.5, 0.6) is 0 Å². The van der Waals surface area contributed by atoms with Crippen molar-refractivity contribution in [3.05, 3.63) is 23.7 Å². The molecule has 1 aromatic heterocycles. The van der Waals surface area contributed by atoms with Crippen LogP contribution in [0, 0.1) is 5.92 Å². The summed E-state index contributed by atoms with van der Waals surface area (Å²) in [4.78, 5) is 11.4. The zero-order valence-corrected chi connectivity index (χ0v) is 9.60. The Balaban J connectivity index is 2.13. The molecule has 0 aliphatic heterocycles. The van der Waals surface area contributed by atoms with E-state index >= 15 is 0 Å². The fourth-order valence-electron chi connectivity index (χ4n) is 1.94. The molecule has 1 aliphatic rings. The predicted octanol–water partition coefficient (Wildman–Crippen LogP) is 1.62. The molecule has 16 heavy (non-hydrogen) atoms. The van der Waals surface area contributed by atoms with Crippen LogP contribution in [0.3, 0.4) is 0 Å². The Kier molecular flexibility index (Phi) is 3.01. The SMILES string of the molecule is COC(=O)C(CN)c1ccc(C2CC2C)o1. The third kappa shape index (κ3) is 1.97. The summed E-state index contributed by atoms with van der Waals surface area (Å²) in [6.45, 7) is 2.40. The zero-order valence-electron chi connectivity index (χ0n) is 9.60. The number of hydrogen-bond acceptors (Lipinski definition) is 4. The van der Waals surface area contributed by atoms with E-state index < -0.39 is 5.92 Å². The van der Waals surface area contributed by atoms with Gasteiger partial charge in [0.25, 0.3) is 0 Å². The quantitative estimate of drug-likeness (QED) is 0.788. The molecule has 3 unspecified atom stereocenters. The molecule has 0 radical (unpaired) electrons. The van der Waals surface area contributed by atoms with E-state index in [1.807, 2.05) is 12.1 Å². The number of hydrogen-bond donors (Lipinski definition) is 1. The number of rotatable bonds is 4. The maximum atomic E-state index is 11.4. The minimum Gasteiger partial charge on any atom is -0.468 e. The van der Waals surface area contributed by atoms with Crippen LogP contribution in [0.1, 0.15) is 36.7 Å². The fourth-order valence-corrected chi connectivity index (χ4v) is 1.94.